The molecule has 2 aliphatic heterocycles. The number of halogens is 3. The molecule has 2 amide bonds. The predicted octanol–water partition coefficient (Wildman–Crippen LogP) is 3.28. The molecular formula is C20H21F3N4O2. The van der Waals surface area contributed by atoms with Crippen molar-refractivity contribution in [1.82, 2.24) is 10.2 Å². The number of carbonyl (C=O) groups excluding carboxylic acids is 2. The number of amides is 2. The minimum atomic E-state index is -4.48. The van der Waals surface area contributed by atoms with Crippen LogP contribution >= 0.6 is 0 Å². The van der Waals surface area contributed by atoms with E-state index in [-0.39, 0.29) is 43.3 Å². The number of carbonyl (C=O) groups is 2. The Morgan fingerprint density at radius 2 is 2.03 bits per heavy atom. The highest BCUT2D eigenvalue weighted by atomic mass is 19.4. The Bertz CT molecular complexity index is 854. The molecule has 1 fully saturated rings. The number of rotatable bonds is 8. The zero-order chi connectivity index (χ0) is 21.1. The topological polar surface area (TPSA) is 74.1 Å². The van der Waals surface area contributed by atoms with Gasteiger partial charge in [0.15, 0.2) is 5.66 Å². The van der Waals surface area contributed by atoms with Crippen LogP contribution in [0.15, 0.2) is 34.5 Å². The van der Waals surface area contributed by atoms with Gasteiger partial charge in [0.25, 0.3) is 0 Å². The second-order valence-corrected chi connectivity index (χ2v) is 7.28. The molecule has 0 bridgehead atoms. The molecule has 1 atom stereocenters. The minimum absolute atomic E-state index is 0.0349. The summed E-state index contributed by atoms with van der Waals surface area (Å²) in [4.78, 5) is 25.8. The van der Waals surface area contributed by atoms with Crippen LogP contribution in [0.3, 0.4) is 0 Å². The third-order valence-corrected chi connectivity index (χ3v) is 5.07. The summed E-state index contributed by atoms with van der Waals surface area (Å²) in [6, 6.07) is 4.76. The van der Waals surface area contributed by atoms with E-state index >= 15 is 0 Å². The van der Waals surface area contributed by atoms with Gasteiger partial charge in [-0.1, -0.05) is 18.2 Å². The lowest BCUT2D eigenvalue weighted by Crippen LogP contribution is -2.37. The zero-order valence-electron chi connectivity index (χ0n) is 15.7. The van der Waals surface area contributed by atoms with Crippen molar-refractivity contribution in [3.63, 3.8) is 0 Å². The van der Waals surface area contributed by atoms with Crippen LogP contribution in [0.25, 0.3) is 0 Å². The number of nitrogens with one attached hydrogen (secondary N) is 1. The summed E-state index contributed by atoms with van der Waals surface area (Å²) in [5.41, 5.74) is -1.27. The standard InChI is InChI=1S/C20H21F3N4O2/c1-2-3-9-19(25-26-19)10-8-17(28)24-15-11-18(29)27(13-15)12-14-6-4-5-7-16(14)20(21,22)23/h1,4-7,15H,3,8-13H2,(H,24,28). The largest absolute Gasteiger partial charge is 0.416 e. The van der Waals surface area contributed by atoms with E-state index in [4.69, 9.17) is 6.42 Å². The summed E-state index contributed by atoms with van der Waals surface area (Å²) in [6.45, 7) is 0.0294. The van der Waals surface area contributed by atoms with Crippen molar-refractivity contribution < 1.29 is 22.8 Å². The van der Waals surface area contributed by atoms with Crippen LogP contribution in [0.1, 0.15) is 43.2 Å². The fourth-order valence-electron chi connectivity index (χ4n) is 3.44. The molecule has 2 heterocycles. The molecule has 154 valence electrons. The van der Waals surface area contributed by atoms with Crippen LogP contribution in [0, 0.1) is 12.3 Å². The Morgan fingerprint density at radius 1 is 1.31 bits per heavy atom. The first-order valence-electron chi connectivity index (χ1n) is 9.32. The van der Waals surface area contributed by atoms with Gasteiger partial charge in [0.1, 0.15) is 0 Å². The van der Waals surface area contributed by atoms with Gasteiger partial charge in [0, 0.05) is 45.2 Å². The SMILES string of the molecule is C#CCCC1(CCC(=O)NC2CC(=O)N(Cc3ccccc3C(F)(F)F)C2)N=N1. The Hall–Kier alpha value is -2.89. The van der Waals surface area contributed by atoms with E-state index in [2.05, 4.69) is 21.5 Å². The van der Waals surface area contributed by atoms with Gasteiger partial charge in [0.05, 0.1) is 11.6 Å². The van der Waals surface area contributed by atoms with Gasteiger partial charge >= 0.3 is 6.18 Å². The fraction of sp³-hybridized carbons (Fsp3) is 0.500. The average molecular weight is 406 g/mol. The Morgan fingerprint density at radius 3 is 2.69 bits per heavy atom. The third-order valence-electron chi connectivity index (χ3n) is 5.07. The normalized spacial score (nSPS) is 19.9. The van der Waals surface area contributed by atoms with Crippen molar-refractivity contribution in [2.75, 3.05) is 6.54 Å². The smallest absolute Gasteiger partial charge is 0.351 e. The van der Waals surface area contributed by atoms with Gasteiger partial charge in [-0.15, -0.1) is 12.3 Å². The summed E-state index contributed by atoms with van der Waals surface area (Å²) in [5.74, 6) is 1.99. The lowest BCUT2D eigenvalue weighted by atomic mass is 10.0. The number of terminal acetylenes is 1. The zero-order valence-corrected chi connectivity index (χ0v) is 15.7. The summed E-state index contributed by atoms with van der Waals surface area (Å²) in [7, 11) is 0. The van der Waals surface area contributed by atoms with Gasteiger partial charge in [-0.25, -0.2) is 0 Å². The highest BCUT2D eigenvalue weighted by molar-refractivity contribution is 5.82. The van der Waals surface area contributed by atoms with Crippen molar-refractivity contribution in [2.24, 2.45) is 10.2 Å². The first-order valence-corrected chi connectivity index (χ1v) is 9.32. The number of alkyl halides is 3. The number of hydrogen-bond acceptors (Lipinski definition) is 4. The molecule has 0 spiro atoms. The molecule has 0 radical (unpaired) electrons. The van der Waals surface area contributed by atoms with Crippen LogP contribution in [0.5, 0.6) is 0 Å². The second kappa shape index (κ2) is 8.23. The summed E-state index contributed by atoms with van der Waals surface area (Å²) in [6.07, 6.45) is 2.58. The summed E-state index contributed by atoms with van der Waals surface area (Å²) < 4.78 is 39.4. The van der Waals surface area contributed by atoms with Crippen LogP contribution in [-0.4, -0.2) is 35.0 Å². The molecule has 0 aliphatic carbocycles. The van der Waals surface area contributed by atoms with Crippen LogP contribution < -0.4 is 5.32 Å². The van der Waals surface area contributed by atoms with E-state index in [1.165, 1.54) is 23.1 Å². The third kappa shape index (κ3) is 5.34. The summed E-state index contributed by atoms with van der Waals surface area (Å²) in [5, 5.41) is 10.7. The Kier molecular flexibility index (Phi) is 5.91. The van der Waals surface area contributed by atoms with E-state index < -0.39 is 23.4 Å². The molecule has 1 saturated heterocycles. The second-order valence-electron chi connectivity index (χ2n) is 7.28. The maximum atomic E-state index is 13.1. The van der Waals surface area contributed by atoms with Gasteiger partial charge in [0.2, 0.25) is 11.8 Å². The molecule has 0 saturated carbocycles. The van der Waals surface area contributed by atoms with Crippen LogP contribution in [0.4, 0.5) is 13.2 Å². The number of benzene rings is 1. The van der Waals surface area contributed by atoms with Gasteiger partial charge in [-0.05, 0) is 11.6 Å². The highest BCUT2D eigenvalue weighted by Gasteiger charge is 2.40. The van der Waals surface area contributed by atoms with E-state index in [0.29, 0.717) is 19.3 Å². The molecule has 1 N–H and O–H groups in total. The lowest BCUT2D eigenvalue weighted by Gasteiger charge is -2.20. The molecular weight excluding hydrogens is 385 g/mol. The lowest BCUT2D eigenvalue weighted by molar-refractivity contribution is -0.139. The molecule has 1 aromatic rings. The number of likely N-dealkylation sites (tertiary alicyclic amines) is 1. The molecule has 2 aliphatic rings. The molecule has 3 rings (SSSR count). The molecule has 0 aromatic heterocycles. The molecule has 9 heteroatoms. The Balaban J connectivity index is 1.51. The highest BCUT2D eigenvalue weighted by Crippen LogP contribution is 2.37. The quantitative estimate of drug-likeness (QED) is 0.673. The van der Waals surface area contributed by atoms with Gasteiger partial charge in [-0.3, -0.25) is 9.59 Å². The van der Waals surface area contributed by atoms with Crippen molar-refractivity contribution >= 4 is 11.8 Å². The predicted molar refractivity (Wildman–Crippen MR) is 98.3 cm³/mol. The molecule has 6 nitrogen and oxygen atoms in total. The van der Waals surface area contributed by atoms with E-state index in [1.807, 2.05) is 0 Å². The first kappa shape index (κ1) is 20.8. The van der Waals surface area contributed by atoms with Crippen molar-refractivity contribution in [2.45, 2.75) is 56.5 Å². The first-order chi connectivity index (χ1) is 13.7. The van der Waals surface area contributed by atoms with Crippen molar-refractivity contribution in [3.05, 3.63) is 35.4 Å². The Labute approximate surface area is 166 Å². The average Bonchev–Trinajstić information content (AvgIpc) is 3.36. The van der Waals surface area contributed by atoms with Crippen LogP contribution in [-0.2, 0) is 22.3 Å². The fourth-order valence-corrected chi connectivity index (χ4v) is 3.44. The van der Waals surface area contributed by atoms with Gasteiger partial charge < -0.3 is 10.2 Å². The van der Waals surface area contributed by atoms with Crippen molar-refractivity contribution in [3.8, 4) is 12.3 Å². The van der Waals surface area contributed by atoms with E-state index in [1.54, 1.807) is 0 Å². The number of nitrogens with zero attached hydrogens (tertiary/aromatic N) is 3. The van der Waals surface area contributed by atoms with Crippen LogP contribution in [0.2, 0.25) is 0 Å². The number of hydrogen-bond donors (Lipinski definition) is 1. The molecule has 1 aromatic carbocycles. The summed E-state index contributed by atoms with van der Waals surface area (Å²) >= 11 is 0. The minimum Gasteiger partial charge on any atom is -0.351 e. The van der Waals surface area contributed by atoms with Crippen molar-refractivity contribution in [1.29, 1.82) is 0 Å². The maximum absolute atomic E-state index is 13.1. The maximum Gasteiger partial charge on any atom is 0.416 e. The van der Waals surface area contributed by atoms with Gasteiger partial charge in [-0.2, -0.15) is 23.4 Å². The molecule has 1 unspecified atom stereocenters. The van der Waals surface area contributed by atoms with E-state index in [0.717, 1.165) is 6.07 Å². The monoisotopic (exact) mass is 406 g/mol. The van der Waals surface area contributed by atoms with E-state index in [9.17, 15) is 22.8 Å². The molecule has 29 heavy (non-hydrogen) atoms.